The van der Waals surface area contributed by atoms with Gasteiger partial charge in [-0.2, -0.15) is 15.0 Å². The van der Waals surface area contributed by atoms with E-state index in [4.69, 9.17) is 20.8 Å². The number of nitrogens with one attached hydrogen (secondary N) is 1. The highest BCUT2D eigenvalue weighted by atomic mass is 35.5. The normalized spacial score (nSPS) is 10.4. The second-order valence-electron chi connectivity index (χ2n) is 3.51. The van der Waals surface area contributed by atoms with Crippen molar-refractivity contribution in [2.24, 2.45) is 0 Å². The van der Waals surface area contributed by atoms with Crippen LogP contribution in [0.15, 0.2) is 16.5 Å². The lowest BCUT2D eigenvalue weighted by Crippen LogP contribution is -2.06. The van der Waals surface area contributed by atoms with E-state index in [0.29, 0.717) is 19.1 Å². The number of hydrogen-bond donors (Lipinski definition) is 1. The summed E-state index contributed by atoms with van der Waals surface area (Å²) in [6.45, 7) is 4.67. The van der Waals surface area contributed by atoms with Gasteiger partial charge < -0.3 is 14.5 Å². The van der Waals surface area contributed by atoms with Crippen molar-refractivity contribution in [3.8, 4) is 6.01 Å². The van der Waals surface area contributed by atoms with Crippen LogP contribution in [0.5, 0.6) is 6.01 Å². The molecule has 0 aromatic carbocycles. The van der Waals surface area contributed by atoms with Crippen LogP contribution in [0.25, 0.3) is 0 Å². The van der Waals surface area contributed by atoms with Crippen molar-refractivity contribution in [2.75, 3.05) is 11.9 Å². The highest BCUT2D eigenvalue weighted by molar-refractivity contribution is 6.28. The Balaban J connectivity index is 2.04. The Morgan fingerprint density at radius 2 is 2.17 bits per heavy atom. The van der Waals surface area contributed by atoms with Crippen LogP contribution in [0.2, 0.25) is 5.28 Å². The number of aromatic nitrogens is 3. The maximum atomic E-state index is 5.77. The molecule has 2 aromatic heterocycles. The molecular formula is C11H13ClN4O2. The van der Waals surface area contributed by atoms with Crippen molar-refractivity contribution in [1.29, 1.82) is 0 Å². The average molecular weight is 269 g/mol. The molecule has 0 saturated carbocycles. The Bertz CT molecular complexity index is 530. The zero-order chi connectivity index (χ0) is 13.0. The highest BCUT2D eigenvalue weighted by Gasteiger charge is 2.06. The largest absolute Gasteiger partial charge is 0.465 e. The molecule has 2 heterocycles. The fraction of sp³-hybridized carbons (Fsp3) is 0.364. The van der Waals surface area contributed by atoms with Crippen LogP contribution >= 0.6 is 11.6 Å². The third kappa shape index (κ3) is 3.33. The van der Waals surface area contributed by atoms with Crippen molar-refractivity contribution in [3.63, 3.8) is 0 Å². The zero-order valence-corrected chi connectivity index (χ0v) is 10.9. The lowest BCUT2D eigenvalue weighted by atomic mass is 10.4. The minimum absolute atomic E-state index is 0.0894. The first-order valence-electron chi connectivity index (χ1n) is 5.51. The minimum atomic E-state index is 0.0894. The molecule has 0 fully saturated rings. The second-order valence-corrected chi connectivity index (χ2v) is 3.85. The van der Waals surface area contributed by atoms with E-state index in [1.165, 1.54) is 0 Å². The van der Waals surface area contributed by atoms with E-state index < -0.39 is 0 Å². The molecule has 1 N–H and O–H groups in total. The third-order valence-electron chi connectivity index (χ3n) is 2.08. The van der Waals surface area contributed by atoms with Gasteiger partial charge in [-0.05, 0) is 37.6 Å². The molecule has 0 unspecified atom stereocenters. The predicted molar refractivity (Wildman–Crippen MR) is 66.8 cm³/mol. The number of nitrogens with zero attached hydrogens (tertiary/aromatic N) is 3. The van der Waals surface area contributed by atoms with Gasteiger partial charge in [-0.25, -0.2) is 0 Å². The van der Waals surface area contributed by atoms with Crippen molar-refractivity contribution in [1.82, 2.24) is 15.0 Å². The van der Waals surface area contributed by atoms with Crippen molar-refractivity contribution in [3.05, 3.63) is 28.9 Å². The molecule has 96 valence electrons. The van der Waals surface area contributed by atoms with Crippen LogP contribution in [0, 0.1) is 6.92 Å². The third-order valence-corrected chi connectivity index (χ3v) is 2.25. The Hall–Kier alpha value is -1.82. The van der Waals surface area contributed by atoms with Crippen LogP contribution in [0.4, 0.5) is 5.95 Å². The number of ether oxygens (including phenoxy) is 1. The summed E-state index contributed by atoms with van der Waals surface area (Å²) in [6.07, 6.45) is 0. The van der Waals surface area contributed by atoms with E-state index in [0.717, 1.165) is 11.5 Å². The molecule has 0 radical (unpaired) electrons. The summed E-state index contributed by atoms with van der Waals surface area (Å²) < 4.78 is 10.6. The number of rotatable bonds is 5. The Morgan fingerprint density at radius 3 is 2.83 bits per heavy atom. The van der Waals surface area contributed by atoms with E-state index in [1.807, 2.05) is 26.0 Å². The van der Waals surface area contributed by atoms with Gasteiger partial charge in [0.05, 0.1) is 13.2 Å². The first kappa shape index (κ1) is 12.6. The molecule has 0 atom stereocenters. The summed E-state index contributed by atoms with van der Waals surface area (Å²) >= 11 is 5.77. The second kappa shape index (κ2) is 5.68. The first-order chi connectivity index (χ1) is 8.67. The Morgan fingerprint density at radius 1 is 1.33 bits per heavy atom. The fourth-order valence-electron chi connectivity index (χ4n) is 1.35. The molecule has 0 aliphatic carbocycles. The van der Waals surface area contributed by atoms with Gasteiger partial charge in [-0.3, -0.25) is 0 Å². The van der Waals surface area contributed by atoms with Gasteiger partial charge in [-0.1, -0.05) is 0 Å². The van der Waals surface area contributed by atoms with Gasteiger partial charge in [0, 0.05) is 0 Å². The maximum absolute atomic E-state index is 5.77. The number of aryl methyl sites for hydroxylation is 1. The van der Waals surface area contributed by atoms with Gasteiger partial charge in [0.25, 0.3) is 0 Å². The van der Waals surface area contributed by atoms with E-state index in [9.17, 15) is 0 Å². The monoisotopic (exact) mass is 268 g/mol. The number of anilines is 1. The maximum Gasteiger partial charge on any atom is 0.322 e. The van der Waals surface area contributed by atoms with E-state index in [-0.39, 0.29) is 11.3 Å². The molecule has 18 heavy (non-hydrogen) atoms. The lowest BCUT2D eigenvalue weighted by molar-refractivity contribution is 0.312. The topological polar surface area (TPSA) is 73.1 Å². The van der Waals surface area contributed by atoms with Crippen LogP contribution in [0.1, 0.15) is 18.4 Å². The van der Waals surface area contributed by atoms with Crippen molar-refractivity contribution in [2.45, 2.75) is 20.4 Å². The summed E-state index contributed by atoms with van der Waals surface area (Å²) in [7, 11) is 0. The van der Waals surface area contributed by atoms with Gasteiger partial charge in [-0.15, -0.1) is 0 Å². The summed E-state index contributed by atoms with van der Waals surface area (Å²) in [6, 6.07) is 3.98. The average Bonchev–Trinajstić information content (AvgIpc) is 2.72. The van der Waals surface area contributed by atoms with E-state index >= 15 is 0 Å². The van der Waals surface area contributed by atoms with Gasteiger partial charge in [0.15, 0.2) is 0 Å². The summed E-state index contributed by atoms with van der Waals surface area (Å²) in [5, 5.41) is 3.08. The molecule has 7 heteroatoms. The molecule has 0 saturated heterocycles. The molecule has 0 spiro atoms. The number of halogens is 1. The molecule has 0 amide bonds. The summed E-state index contributed by atoms with van der Waals surface area (Å²) in [4.78, 5) is 11.9. The standard InChI is InChI=1S/C11H13ClN4O2/c1-3-17-11-15-9(12)14-10(16-11)13-6-8-5-4-7(2)18-8/h4-5H,3,6H2,1-2H3,(H,13,14,15,16). The molecule has 0 aliphatic heterocycles. The van der Waals surface area contributed by atoms with Crippen LogP contribution in [-0.4, -0.2) is 21.6 Å². The molecule has 2 aromatic rings. The molecule has 6 nitrogen and oxygen atoms in total. The van der Waals surface area contributed by atoms with Crippen LogP contribution in [-0.2, 0) is 6.54 Å². The number of hydrogen-bond acceptors (Lipinski definition) is 6. The fourth-order valence-corrected chi connectivity index (χ4v) is 1.50. The molecule has 0 aliphatic rings. The smallest absolute Gasteiger partial charge is 0.322 e. The summed E-state index contributed by atoms with van der Waals surface area (Å²) in [5.74, 6) is 2.00. The minimum Gasteiger partial charge on any atom is -0.465 e. The van der Waals surface area contributed by atoms with E-state index in [2.05, 4.69) is 20.3 Å². The lowest BCUT2D eigenvalue weighted by Gasteiger charge is -2.05. The molecular weight excluding hydrogens is 256 g/mol. The summed E-state index contributed by atoms with van der Waals surface area (Å²) in [5.41, 5.74) is 0. The molecule has 0 bridgehead atoms. The van der Waals surface area contributed by atoms with Crippen LogP contribution < -0.4 is 10.1 Å². The SMILES string of the molecule is CCOc1nc(Cl)nc(NCc2ccc(C)o2)n1. The number of furan rings is 1. The van der Waals surface area contributed by atoms with Crippen molar-refractivity contribution < 1.29 is 9.15 Å². The van der Waals surface area contributed by atoms with Gasteiger partial charge >= 0.3 is 6.01 Å². The zero-order valence-electron chi connectivity index (χ0n) is 10.1. The Labute approximate surface area is 109 Å². The quantitative estimate of drug-likeness (QED) is 0.898. The predicted octanol–water partition coefficient (Wildman–Crippen LogP) is 2.44. The van der Waals surface area contributed by atoms with Gasteiger partial charge in [0.2, 0.25) is 11.2 Å². The van der Waals surface area contributed by atoms with E-state index in [1.54, 1.807) is 0 Å². The highest BCUT2D eigenvalue weighted by Crippen LogP contribution is 2.13. The molecule has 2 rings (SSSR count). The Kier molecular flexibility index (Phi) is 3.99. The van der Waals surface area contributed by atoms with Gasteiger partial charge in [0.1, 0.15) is 11.5 Å². The van der Waals surface area contributed by atoms with Crippen molar-refractivity contribution >= 4 is 17.5 Å². The first-order valence-corrected chi connectivity index (χ1v) is 5.88. The van der Waals surface area contributed by atoms with Crippen LogP contribution in [0.3, 0.4) is 0 Å².